The van der Waals surface area contributed by atoms with Crippen LogP contribution in [0.25, 0.3) is 10.9 Å². The normalized spacial score (nSPS) is 10.9. The van der Waals surface area contributed by atoms with Crippen LogP contribution in [0.1, 0.15) is 16.7 Å². The molecule has 3 nitrogen and oxygen atoms in total. The molecule has 0 saturated heterocycles. The van der Waals surface area contributed by atoms with Gasteiger partial charge in [-0.3, -0.25) is 4.79 Å². The number of nitrogens with one attached hydrogen (secondary N) is 2. The SMILES string of the molecule is Cc1ccc2cc(CNc3ccc(F)cc3)c(=O)[nH]c2c1C. The molecule has 1 heterocycles. The molecule has 2 N–H and O–H groups in total. The first-order valence-corrected chi connectivity index (χ1v) is 7.16. The van der Waals surface area contributed by atoms with E-state index in [0.717, 1.165) is 27.7 Å². The fourth-order valence-electron chi connectivity index (χ4n) is 2.47. The number of aryl methyl sites for hydroxylation is 2. The maximum atomic E-state index is 12.9. The highest BCUT2D eigenvalue weighted by Crippen LogP contribution is 2.19. The van der Waals surface area contributed by atoms with Gasteiger partial charge in [-0.25, -0.2) is 4.39 Å². The van der Waals surface area contributed by atoms with E-state index >= 15 is 0 Å². The van der Waals surface area contributed by atoms with Gasteiger partial charge in [0.1, 0.15) is 5.82 Å². The summed E-state index contributed by atoms with van der Waals surface area (Å²) >= 11 is 0. The van der Waals surface area contributed by atoms with Crippen LogP contribution in [0, 0.1) is 19.7 Å². The number of pyridine rings is 1. The first-order valence-electron chi connectivity index (χ1n) is 7.16. The lowest BCUT2D eigenvalue weighted by Crippen LogP contribution is -2.16. The van der Waals surface area contributed by atoms with Crippen LogP contribution in [0.2, 0.25) is 0 Å². The topological polar surface area (TPSA) is 44.9 Å². The summed E-state index contributed by atoms with van der Waals surface area (Å²) in [5, 5.41) is 4.15. The zero-order valence-electron chi connectivity index (χ0n) is 12.5. The molecule has 0 fully saturated rings. The van der Waals surface area contributed by atoms with Crippen LogP contribution in [-0.4, -0.2) is 4.98 Å². The minimum Gasteiger partial charge on any atom is -0.381 e. The first-order chi connectivity index (χ1) is 10.5. The first kappa shape index (κ1) is 14.3. The molecule has 2 aromatic carbocycles. The maximum absolute atomic E-state index is 12.9. The van der Waals surface area contributed by atoms with Crippen molar-refractivity contribution in [1.29, 1.82) is 0 Å². The number of aromatic amines is 1. The number of halogens is 1. The quantitative estimate of drug-likeness (QED) is 0.770. The largest absolute Gasteiger partial charge is 0.381 e. The molecular formula is C18H17FN2O. The predicted octanol–water partition coefficient (Wildman–Crippen LogP) is 3.90. The highest BCUT2D eigenvalue weighted by Gasteiger charge is 2.06. The number of hydrogen-bond acceptors (Lipinski definition) is 2. The van der Waals surface area contributed by atoms with E-state index < -0.39 is 0 Å². The number of fused-ring (bicyclic) bond motifs is 1. The molecule has 0 spiro atoms. The van der Waals surface area contributed by atoms with Gasteiger partial charge in [0.05, 0.1) is 5.52 Å². The van der Waals surface area contributed by atoms with Crippen LogP contribution in [0.5, 0.6) is 0 Å². The Morgan fingerprint density at radius 1 is 1.09 bits per heavy atom. The average molecular weight is 296 g/mol. The molecule has 0 amide bonds. The maximum Gasteiger partial charge on any atom is 0.253 e. The molecular weight excluding hydrogens is 279 g/mol. The smallest absolute Gasteiger partial charge is 0.253 e. The van der Waals surface area contributed by atoms with E-state index in [-0.39, 0.29) is 11.4 Å². The number of aromatic nitrogens is 1. The van der Waals surface area contributed by atoms with Crippen LogP contribution in [0.3, 0.4) is 0 Å². The summed E-state index contributed by atoms with van der Waals surface area (Å²) in [6.07, 6.45) is 0. The van der Waals surface area contributed by atoms with Crippen LogP contribution in [0.4, 0.5) is 10.1 Å². The summed E-state index contributed by atoms with van der Waals surface area (Å²) in [4.78, 5) is 15.2. The number of hydrogen-bond donors (Lipinski definition) is 2. The lowest BCUT2D eigenvalue weighted by molar-refractivity contribution is 0.628. The van der Waals surface area contributed by atoms with Gasteiger partial charge >= 0.3 is 0 Å². The molecule has 0 aliphatic rings. The van der Waals surface area contributed by atoms with E-state index in [1.54, 1.807) is 12.1 Å². The minimum absolute atomic E-state index is 0.101. The van der Waals surface area contributed by atoms with E-state index in [9.17, 15) is 9.18 Å². The third-order valence-corrected chi connectivity index (χ3v) is 3.96. The third kappa shape index (κ3) is 2.72. The second-order valence-corrected chi connectivity index (χ2v) is 5.46. The van der Waals surface area contributed by atoms with Gasteiger partial charge in [0.25, 0.3) is 5.56 Å². The zero-order valence-corrected chi connectivity index (χ0v) is 12.5. The summed E-state index contributed by atoms with van der Waals surface area (Å²) in [6, 6.07) is 12.0. The van der Waals surface area contributed by atoms with Gasteiger partial charge in [0.2, 0.25) is 0 Å². The van der Waals surface area contributed by atoms with Crippen molar-refractivity contribution in [3.63, 3.8) is 0 Å². The van der Waals surface area contributed by atoms with E-state index in [2.05, 4.69) is 10.3 Å². The van der Waals surface area contributed by atoms with Gasteiger partial charge in [-0.1, -0.05) is 12.1 Å². The van der Waals surface area contributed by atoms with E-state index in [1.165, 1.54) is 12.1 Å². The third-order valence-electron chi connectivity index (χ3n) is 3.96. The molecule has 0 radical (unpaired) electrons. The van der Waals surface area contributed by atoms with E-state index in [4.69, 9.17) is 0 Å². The lowest BCUT2D eigenvalue weighted by atomic mass is 10.0. The van der Waals surface area contributed by atoms with Crippen molar-refractivity contribution in [3.8, 4) is 0 Å². The summed E-state index contributed by atoms with van der Waals surface area (Å²) in [7, 11) is 0. The zero-order chi connectivity index (χ0) is 15.7. The summed E-state index contributed by atoms with van der Waals surface area (Å²) in [6.45, 7) is 4.42. The Morgan fingerprint density at radius 3 is 2.55 bits per heavy atom. The second kappa shape index (κ2) is 5.64. The van der Waals surface area contributed by atoms with E-state index in [0.29, 0.717) is 12.1 Å². The van der Waals surface area contributed by atoms with Crippen LogP contribution in [0.15, 0.2) is 47.3 Å². The standard InChI is InChI=1S/C18H17FN2O/c1-11-3-4-13-9-14(18(22)21-17(13)12(11)2)10-20-16-7-5-15(19)6-8-16/h3-9,20H,10H2,1-2H3,(H,21,22). The van der Waals surface area contributed by atoms with Crippen molar-refractivity contribution in [2.75, 3.05) is 5.32 Å². The van der Waals surface area contributed by atoms with Gasteiger partial charge < -0.3 is 10.3 Å². The minimum atomic E-state index is -0.278. The van der Waals surface area contributed by atoms with E-state index in [1.807, 2.05) is 32.0 Å². The van der Waals surface area contributed by atoms with Gasteiger partial charge in [0, 0.05) is 17.8 Å². The molecule has 112 valence electrons. The van der Waals surface area contributed by atoms with Crippen molar-refractivity contribution >= 4 is 16.6 Å². The van der Waals surface area contributed by atoms with Crippen molar-refractivity contribution < 1.29 is 4.39 Å². The number of H-pyrrole nitrogens is 1. The second-order valence-electron chi connectivity index (χ2n) is 5.46. The fourth-order valence-corrected chi connectivity index (χ4v) is 2.47. The molecule has 1 aromatic heterocycles. The number of anilines is 1. The fraction of sp³-hybridized carbons (Fsp3) is 0.167. The highest BCUT2D eigenvalue weighted by atomic mass is 19.1. The summed E-state index contributed by atoms with van der Waals surface area (Å²) < 4.78 is 12.9. The molecule has 3 rings (SSSR count). The predicted molar refractivity (Wildman–Crippen MR) is 87.8 cm³/mol. The molecule has 22 heavy (non-hydrogen) atoms. The number of benzene rings is 2. The summed E-state index contributed by atoms with van der Waals surface area (Å²) in [5.74, 6) is -0.278. The Morgan fingerprint density at radius 2 is 1.82 bits per heavy atom. The van der Waals surface area contributed by atoms with Crippen molar-refractivity contribution in [2.24, 2.45) is 0 Å². The molecule has 0 unspecified atom stereocenters. The van der Waals surface area contributed by atoms with Gasteiger partial charge in [0.15, 0.2) is 0 Å². The molecule has 4 heteroatoms. The molecule has 0 saturated carbocycles. The Bertz CT molecular complexity index is 882. The van der Waals surface area contributed by atoms with Crippen LogP contribution in [-0.2, 0) is 6.54 Å². The lowest BCUT2D eigenvalue weighted by Gasteiger charge is -2.09. The van der Waals surface area contributed by atoms with Crippen LogP contribution >= 0.6 is 0 Å². The highest BCUT2D eigenvalue weighted by molar-refractivity contribution is 5.83. The van der Waals surface area contributed by atoms with Gasteiger partial charge in [-0.05, 0) is 60.7 Å². The van der Waals surface area contributed by atoms with Crippen LogP contribution < -0.4 is 10.9 Å². The van der Waals surface area contributed by atoms with Crippen molar-refractivity contribution in [1.82, 2.24) is 4.98 Å². The molecule has 0 aliphatic carbocycles. The molecule has 3 aromatic rings. The monoisotopic (exact) mass is 296 g/mol. The van der Waals surface area contributed by atoms with Crippen molar-refractivity contribution in [2.45, 2.75) is 20.4 Å². The van der Waals surface area contributed by atoms with Crippen molar-refractivity contribution in [3.05, 3.63) is 75.3 Å². The number of rotatable bonds is 3. The Kier molecular flexibility index (Phi) is 3.67. The average Bonchev–Trinajstić information content (AvgIpc) is 2.51. The Labute approximate surface area is 127 Å². The molecule has 0 bridgehead atoms. The van der Waals surface area contributed by atoms with Gasteiger partial charge in [-0.15, -0.1) is 0 Å². The Hall–Kier alpha value is -2.62. The molecule has 0 aliphatic heterocycles. The van der Waals surface area contributed by atoms with Gasteiger partial charge in [-0.2, -0.15) is 0 Å². The Balaban J connectivity index is 1.91. The molecule has 0 atom stereocenters. The summed E-state index contributed by atoms with van der Waals surface area (Å²) in [5.41, 5.74) is 4.46.